The standard InChI is InChI=1S/C13H18BBrFNO2/c1-13(2)17(14(3)18)11(8-16)12(19-13)9-4-6-10(15)7-5-9/h4-7,11-12,18H,8H2,1-3H3/t11-,12-/m1/s1. The van der Waals surface area contributed by atoms with Crippen LogP contribution in [0.2, 0.25) is 6.82 Å². The quantitative estimate of drug-likeness (QED) is 0.865. The molecular formula is C13H18BBrFNO2. The third kappa shape index (κ3) is 2.87. The molecule has 0 unspecified atom stereocenters. The van der Waals surface area contributed by atoms with Crippen LogP contribution in [0.1, 0.15) is 25.5 Å². The Labute approximate surface area is 122 Å². The minimum Gasteiger partial charge on any atom is -0.437 e. The van der Waals surface area contributed by atoms with E-state index in [9.17, 15) is 9.41 Å². The Balaban J connectivity index is 2.34. The lowest BCUT2D eigenvalue weighted by atomic mass is 9.80. The number of ether oxygens (including phenoxy) is 1. The van der Waals surface area contributed by atoms with Gasteiger partial charge < -0.3 is 9.76 Å². The van der Waals surface area contributed by atoms with E-state index in [0.29, 0.717) is 0 Å². The smallest absolute Gasteiger partial charge is 0.379 e. The van der Waals surface area contributed by atoms with Crippen LogP contribution >= 0.6 is 15.9 Å². The Hall–Kier alpha value is -0.425. The van der Waals surface area contributed by atoms with E-state index in [-0.39, 0.29) is 6.10 Å². The highest BCUT2D eigenvalue weighted by Gasteiger charge is 2.50. The Morgan fingerprint density at radius 3 is 2.47 bits per heavy atom. The molecule has 2 rings (SSSR count). The molecule has 0 bridgehead atoms. The Kier molecular flexibility index (Phi) is 4.35. The lowest BCUT2D eigenvalue weighted by Crippen LogP contribution is -2.52. The topological polar surface area (TPSA) is 32.7 Å². The van der Waals surface area contributed by atoms with Crippen LogP contribution in [0.15, 0.2) is 28.7 Å². The van der Waals surface area contributed by atoms with E-state index in [1.165, 1.54) is 0 Å². The van der Waals surface area contributed by atoms with Gasteiger partial charge in [-0.3, -0.25) is 4.81 Å². The van der Waals surface area contributed by atoms with Crippen LogP contribution in [-0.2, 0) is 4.74 Å². The molecule has 1 heterocycles. The second kappa shape index (κ2) is 5.52. The zero-order chi connectivity index (χ0) is 14.2. The molecule has 1 aliphatic heterocycles. The molecule has 0 aliphatic carbocycles. The zero-order valence-electron chi connectivity index (χ0n) is 11.3. The molecule has 1 aliphatic rings. The fraction of sp³-hybridized carbons (Fsp3) is 0.538. The summed E-state index contributed by atoms with van der Waals surface area (Å²) in [6, 6.07) is 7.17. The fourth-order valence-electron chi connectivity index (χ4n) is 2.82. The van der Waals surface area contributed by atoms with Gasteiger partial charge in [-0.2, -0.15) is 0 Å². The lowest BCUT2D eigenvalue weighted by Gasteiger charge is -2.33. The number of halogens is 2. The van der Waals surface area contributed by atoms with E-state index in [0.717, 1.165) is 10.0 Å². The van der Waals surface area contributed by atoms with Gasteiger partial charge in [-0.25, -0.2) is 4.39 Å². The number of rotatable bonds is 3. The monoisotopic (exact) mass is 329 g/mol. The number of hydrogen-bond donors (Lipinski definition) is 1. The Bertz CT molecular complexity index is 441. The van der Waals surface area contributed by atoms with Gasteiger partial charge in [0.15, 0.2) is 0 Å². The van der Waals surface area contributed by atoms with Crippen molar-refractivity contribution in [3.8, 4) is 0 Å². The maximum Gasteiger partial charge on any atom is 0.379 e. The van der Waals surface area contributed by atoms with Crippen molar-refractivity contribution < 1.29 is 14.2 Å². The van der Waals surface area contributed by atoms with Gasteiger partial charge in [0, 0.05) is 4.47 Å². The summed E-state index contributed by atoms with van der Waals surface area (Å²) in [5, 5.41) is 9.87. The maximum atomic E-state index is 13.4. The molecule has 1 aromatic carbocycles. The van der Waals surface area contributed by atoms with Crippen LogP contribution in [-0.4, -0.2) is 35.3 Å². The zero-order valence-corrected chi connectivity index (χ0v) is 12.9. The van der Waals surface area contributed by atoms with Crippen LogP contribution in [0.25, 0.3) is 0 Å². The molecule has 1 saturated heterocycles. The SMILES string of the molecule is CB(O)N1[C@H](CF)[C@@H](c2ccc(Br)cc2)OC1(C)C. The molecule has 0 saturated carbocycles. The molecule has 0 radical (unpaired) electrons. The average molecular weight is 330 g/mol. The minimum atomic E-state index is -0.754. The van der Waals surface area contributed by atoms with Gasteiger partial charge in [0.05, 0.1) is 6.04 Å². The van der Waals surface area contributed by atoms with E-state index in [1.807, 2.05) is 38.1 Å². The Morgan fingerprint density at radius 2 is 2.00 bits per heavy atom. The van der Waals surface area contributed by atoms with Crippen molar-refractivity contribution in [1.82, 2.24) is 4.81 Å². The highest BCUT2D eigenvalue weighted by molar-refractivity contribution is 9.10. The van der Waals surface area contributed by atoms with Crippen molar-refractivity contribution >= 4 is 23.0 Å². The van der Waals surface area contributed by atoms with Gasteiger partial charge in [0.2, 0.25) is 0 Å². The third-order valence-corrected chi connectivity index (χ3v) is 4.03. The summed E-state index contributed by atoms with van der Waals surface area (Å²) in [5.74, 6) is 0. The highest BCUT2D eigenvalue weighted by Crippen LogP contribution is 2.41. The van der Waals surface area contributed by atoms with E-state index in [4.69, 9.17) is 4.74 Å². The molecule has 0 spiro atoms. The molecule has 0 amide bonds. The van der Waals surface area contributed by atoms with Gasteiger partial charge in [0.25, 0.3) is 0 Å². The third-order valence-electron chi connectivity index (χ3n) is 3.50. The summed E-state index contributed by atoms with van der Waals surface area (Å²) in [4.78, 5) is 1.68. The van der Waals surface area contributed by atoms with Gasteiger partial charge in [-0.05, 0) is 38.4 Å². The van der Waals surface area contributed by atoms with Crippen LogP contribution in [0.5, 0.6) is 0 Å². The van der Waals surface area contributed by atoms with Gasteiger partial charge in [-0.15, -0.1) is 0 Å². The maximum absolute atomic E-state index is 13.4. The minimum absolute atomic E-state index is 0.373. The number of alkyl halides is 1. The van der Waals surface area contributed by atoms with Crippen LogP contribution in [0.4, 0.5) is 4.39 Å². The second-order valence-corrected chi connectivity index (χ2v) is 6.21. The molecule has 1 fully saturated rings. The van der Waals surface area contributed by atoms with Gasteiger partial charge in [-0.1, -0.05) is 28.1 Å². The Morgan fingerprint density at radius 1 is 1.42 bits per heavy atom. The normalized spacial score (nSPS) is 26.6. The summed E-state index contributed by atoms with van der Waals surface area (Å²) < 4.78 is 20.4. The largest absolute Gasteiger partial charge is 0.437 e. The van der Waals surface area contributed by atoms with Gasteiger partial charge in [0.1, 0.15) is 18.5 Å². The summed E-state index contributed by atoms with van der Waals surface area (Å²) in [5.41, 5.74) is 0.227. The van der Waals surface area contributed by atoms with E-state index < -0.39 is 25.5 Å². The first-order valence-corrected chi connectivity index (χ1v) is 7.12. The van der Waals surface area contributed by atoms with Crippen molar-refractivity contribution in [3.63, 3.8) is 0 Å². The number of nitrogens with zero attached hydrogens (tertiary/aromatic N) is 1. The molecule has 2 atom stereocenters. The summed E-state index contributed by atoms with van der Waals surface area (Å²) in [7, 11) is -0.754. The first-order chi connectivity index (χ1) is 8.86. The lowest BCUT2D eigenvalue weighted by molar-refractivity contribution is -0.0557. The van der Waals surface area contributed by atoms with E-state index >= 15 is 0 Å². The summed E-state index contributed by atoms with van der Waals surface area (Å²) >= 11 is 3.38. The molecular weight excluding hydrogens is 312 g/mol. The number of benzene rings is 1. The molecule has 6 heteroatoms. The van der Waals surface area contributed by atoms with Crippen molar-refractivity contribution in [3.05, 3.63) is 34.3 Å². The molecule has 0 aromatic heterocycles. The average Bonchev–Trinajstić information content (AvgIpc) is 2.61. The van der Waals surface area contributed by atoms with E-state index in [1.54, 1.807) is 11.6 Å². The molecule has 19 heavy (non-hydrogen) atoms. The van der Waals surface area contributed by atoms with Gasteiger partial charge >= 0.3 is 7.05 Å². The fourth-order valence-corrected chi connectivity index (χ4v) is 3.08. The molecule has 3 nitrogen and oxygen atoms in total. The predicted molar refractivity (Wildman–Crippen MR) is 77.5 cm³/mol. The van der Waals surface area contributed by atoms with Crippen molar-refractivity contribution in [2.45, 2.75) is 38.5 Å². The first kappa shape index (κ1) is 15.0. The van der Waals surface area contributed by atoms with Crippen molar-refractivity contribution in [1.29, 1.82) is 0 Å². The molecule has 1 N–H and O–H groups in total. The van der Waals surface area contributed by atoms with Crippen LogP contribution in [0, 0.1) is 0 Å². The van der Waals surface area contributed by atoms with Crippen LogP contribution in [0.3, 0.4) is 0 Å². The molecule has 1 aromatic rings. The van der Waals surface area contributed by atoms with Crippen molar-refractivity contribution in [2.75, 3.05) is 6.67 Å². The molecule has 104 valence electrons. The summed E-state index contributed by atoms with van der Waals surface area (Å²) in [6.45, 7) is 4.77. The first-order valence-electron chi connectivity index (χ1n) is 6.32. The van der Waals surface area contributed by atoms with Crippen molar-refractivity contribution in [2.24, 2.45) is 0 Å². The number of hydrogen-bond acceptors (Lipinski definition) is 3. The summed E-state index contributed by atoms with van der Waals surface area (Å²) in [6.07, 6.45) is -0.373. The highest BCUT2D eigenvalue weighted by atomic mass is 79.9. The second-order valence-electron chi connectivity index (χ2n) is 5.30. The predicted octanol–water partition coefficient (Wildman–Crippen LogP) is 3.01. The van der Waals surface area contributed by atoms with Crippen LogP contribution < -0.4 is 0 Å². The van der Waals surface area contributed by atoms with E-state index in [2.05, 4.69) is 15.9 Å².